The van der Waals surface area contributed by atoms with Crippen LogP contribution in [-0.2, 0) is 10.0 Å². The summed E-state index contributed by atoms with van der Waals surface area (Å²) in [6, 6.07) is 2.80. The Morgan fingerprint density at radius 2 is 2.10 bits per heavy atom. The molecule has 2 rings (SSSR count). The fraction of sp³-hybridized carbons (Fsp3) is 0.462. The molecule has 1 saturated carbocycles. The Hall–Kier alpha value is -0.630. The SMILES string of the molecule is CC1CC1CN(C)C(=O)c1cc(Br)cc(S(N)(=O)=O)c1Cl. The first-order valence-electron chi connectivity index (χ1n) is 6.38. The molecular formula is C13H16BrClN2O3S. The van der Waals surface area contributed by atoms with Crippen molar-refractivity contribution in [3.05, 3.63) is 27.2 Å². The number of sulfonamides is 1. The van der Waals surface area contributed by atoms with Crippen molar-refractivity contribution in [1.29, 1.82) is 0 Å². The highest BCUT2D eigenvalue weighted by Gasteiger charge is 2.34. The molecule has 1 aliphatic rings. The number of nitrogens with zero attached hydrogens (tertiary/aromatic N) is 1. The fourth-order valence-corrected chi connectivity index (χ4v) is 3.99. The highest BCUT2D eigenvalue weighted by atomic mass is 79.9. The van der Waals surface area contributed by atoms with Gasteiger partial charge in [0.25, 0.3) is 5.91 Å². The molecule has 116 valence electrons. The maximum absolute atomic E-state index is 12.5. The number of carbonyl (C=O) groups is 1. The minimum absolute atomic E-state index is 0.130. The van der Waals surface area contributed by atoms with E-state index in [0.29, 0.717) is 22.9 Å². The Labute approximate surface area is 137 Å². The number of benzene rings is 1. The molecule has 0 saturated heterocycles. The van der Waals surface area contributed by atoms with Crippen molar-refractivity contribution in [3.8, 4) is 0 Å². The molecule has 1 aromatic carbocycles. The van der Waals surface area contributed by atoms with Crippen LogP contribution in [0.4, 0.5) is 0 Å². The average Bonchev–Trinajstić information content (AvgIpc) is 3.05. The zero-order valence-corrected chi connectivity index (χ0v) is 14.8. The number of carbonyl (C=O) groups excluding carboxylic acids is 1. The van der Waals surface area contributed by atoms with E-state index >= 15 is 0 Å². The Morgan fingerprint density at radius 1 is 1.52 bits per heavy atom. The molecule has 21 heavy (non-hydrogen) atoms. The molecule has 0 spiro atoms. The molecule has 0 aromatic heterocycles. The summed E-state index contributed by atoms with van der Waals surface area (Å²) < 4.78 is 23.5. The van der Waals surface area contributed by atoms with Crippen molar-refractivity contribution in [2.75, 3.05) is 13.6 Å². The molecule has 2 atom stereocenters. The number of primary sulfonamides is 1. The van der Waals surface area contributed by atoms with Gasteiger partial charge < -0.3 is 4.90 Å². The predicted molar refractivity (Wildman–Crippen MR) is 84.8 cm³/mol. The molecular weight excluding hydrogens is 380 g/mol. The van der Waals surface area contributed by atoms with E-state index < -0.39 is 10.0 Å². The number of hydrogen-bond acceptors (Lipinski definition) is 3. The van der Waals surface area contributed by atoms with Crippen LogP contribution in [0, 0.1) is 11.8 Å². The quantitative estimate of drug-likeness (QED) is 0.850. The second-order valence-electron chi connectivity index (χ2n) is 5.47. The van der Waals surface area contributed by atoms with Crippen LogP contribution in [0.2, 0.25) is 5.02 Å². The van der Waals surface area contributed by atoms with Gasteiger partial charge in [-0.15, -0.1) is 0 Å². The van der Waals surface area contributed by atoms with E-state index in [9.17, 15) is 13.2 Å². The van der Waals surface area contributed by atoms with Crippen LogP contribution >= 0.6 is 27.5 Å². The highest BCUT2D eigenvalue weighted by molar-refractivity contribution is 9.10. The van der Waals surface area contributed by atoms with Crippen molar-refractivity contribution in [2.45, 2.75) is 18.2 Å². The van der Waals surface area contributed by atoms with Gasteiger partial charge in [0.1, 0.15) is 4.90 Å². The topological polar surface area (TPSA) is 80.5 Å². The molecule has 5 nitrogen and oxygen atoms in total. The van der Waals surface area contributed by atoms with E-state index in [1.807, 2.05) is 0 Å². The van der Waals surface area contributed by atoms with E-state index in [2.05, 4.69) is 22.9 Å². The van der Waals surface area contributed by atoms with Crippen molar-refractivity contribution in [1.82, 2.24) is 4.90 Å². The summed E-state index contributed by atoms with van der Waals surface area (Å²) in [7, 11) is -2.31. The van der Waals surface area contributed by atoms with E-state index in [4.69, 9.17) is 16.7 Å². The lowest BCUT2D eigenvalue weighted by atomic mass is 10.2. The van der Waals surface area contributed by atoms with Gasteiger partial charge in [-0.3, -0.25) is 4.79 Å². The summed E-state index contributed by atoms with van der Waals surface area (Å²) in [6.45, 7) is 2.77. The molecule has 1 aliphatic carbocycles. The lowest BCUT2D eigenvalue weighted by Crippen LogP contribution is -2.29. The van der Waals surface area contributed by atoms with Crippen LogP contribution in [0.15, 0.2) is 21.5 Å². The summed E-state index contributed by atoms with van der Waals surface area (Å²) >= 11 is 9.24. The molecule has 2 unspecified atom stereocenters. The summed E-state index contributed by atoms with van der Waals surface area (Å²) in [5.74, 6) is 0.811. The fourth-order valence-electron chi connectivity index (χ4n) is 2.22. The van der Waals surface area contributed by atoms with Crippen molar-refractivity contribution in [3.63, 3.8) is 0 Å². The van der Waals surface area contributed by atoms with Gasteiger partial charge in [0, 0.05) is 18.1 Å². The summed E-state index contributed by atoms with van der Waals surface area (Å²) in [6.07, 6.45) is 1.10. The maximum Gasteiger partial charge on any atom is 0.255 e. The van der Waals surface area contributed by atoms with Crippen LogP contribution in [0.3, 0.4) is 0 Å². The van der Waals surface area contributed by atoms with Gasteiger partial charge in [0.05, 0.1) is 10.6 Å². The molecule has 1 amide bonds. The minimum atomic E-state index is -3.99. The number of rotatable bonds is 4. The number of nitrogens with two attached hydrogens (primary N) is 1. The van der Waals surface area contributed by atoms with Gasteiger partial charge in [-0.25, -0.2) is 13.6 Å². The van der Waals surface area contributed by atoms with Gasteiger partial charge in [0.15, 0.2) is 0 Å². The summed E-state index contributed by atoms with van der Waals surface area (Å²) in [4.78, 5) is 13.8. The third-order valence-electron chi connectivity index (χ3n) is 3.67. The van der Waals surface area contributed by atoms with Crippen molar-refractivity contribution >= 4 is 43.5 Å². The second kappa shape index (κ2) is 5.87. The monoisotopic (exact) mass is 394 g/mol. The normalized spacial score (nSPS) is 21.2. The average molecular weight is 396 g/mol. The molecule has 0 aliphatic heterocycles. The lowest BCUT2D eigenvalue weighted by Gasteiger charge is -2.19. The number of hydrogen-bond donors (Lipinski definition) is 1. The molecule has 0 radical (unpaired) electrons. The smallest absolute Gasteiger partial charge is 0.255 e. The third kappa shape index (κ3) is 3.77. The van der Waals surface area contributed by atoms with E-state index in [1.54, 1.807) is 11.9 Å². The minimum Gasteiger partial charge on any atom is -0.341 e. The van der Waals surface area contributed by atoms with Gasteiger partial charge in [-0.05, 0) is 30.4 Å². The second-order valence-corrected chi connectivity index (χ2v) is 8.29. The summed E-state index contributed by atoms with van der Waals surface area (Å²) in [5.41, 5.74) is 0.130. The van der Waals surface area contributed by atoms with Crippen molar-refractivity contribution < 1.29 is 13.2 Å². The standard InChI is InChI=1S/C13H16BrClN2O3S/c1-7-3-8(7)6-17(2)13(18)10-4-9(14)5-11(12(10)15)21(16,19)20/h4-5,7-8H,3,6H2,1-2H3,(H2,16,19,20). The van der Waals surface area contributed by atoms with Gasteiger partial charge in [0.2, 0.25) is 10.0 Å². The first kappa shape index (κ1) is 16.7. The molecule has 0 heterocycles. The maximum atomic E-state index is 12.5. The Morgan fingerprint density at radius 3 is 2.57 bits per heavy atom. The van der Waals surface area contributed by atoms with Crippen LogP contribution in [0.1, 0.15) is 23.7 Å². The van der Waals surface area contributed by atoms with Crippen molar-refractivity contribution in [2.24, 2.45) is 17.0 Å². The molecule has 0 bridgehead atoms. The predicted octanol–water partition coefficient (Wildman–Crippen LogP) is 2.48. The number of halogens is 2. The Kier molecular flexibility index (Phi) is 4.68. The molecule has 2 N–H and O–H groups in total. The zero-order valence-electron chi connectivity index (χ0n) is 11.6. The lowest BCUT2D eigenvalue weighted by molar-refractivity contribution is 0.0787. The Bertz CT molecular complexity index is 693. The van der Waals surface area contributed by atoms with E-state index in [-0.39, 0.29) is 21.4 Å². The van der Waals surface area contributed by atoms with E-state index in [1.165, 1.54) is 12.1 Å². The Balaban J connectivity index is 2.34. The number of amides is 1. The molecule has 8 heteroatoms. The van der Waals surface area contributed by atoms with Crippen LogP contribution in [-0.4, -0.2) is 32.8 Å². The first-order chi connectivity index (χ1) is 9.61. The zero-order chi connectivity index (χ0) is 15.9. The van der Waals surface area contributed by atoms with E-state index in [0.717, 1.165) is 6.42 Å². The largest absolute Gasteiger partial charge is 0.341 e. The van der Waals surface area contributed by atoms with Crippen LogP contribution < -0.4 is 5.14 Å². The molecule has 1 aromatic rings. The van der Waals surface area contributed by atoms with Gasteiger partial charge >= 0.3 is 0 Å². The highest BCUT2D eigenvalue weighted by Crippen LogP contribution is 2.38. The first-order valence-corrected chi connectivity index (χ1v) is 9.10. The summed E-state index contributed by atoms with van der Waals surface area (Å²) in [5, 5.41) is 4.98. The van der Waals surface area contributed by atoms with Crippen LogP contribution in [0.25, 0.3) is 0 Å². The van der Waals surface area contributed by atoms with Gasteiger partial charge in [-0.2, -0.15) is 0 Å². The third-order valence-corrected chi connectivity index (χ3v) is 5.58. The van der Waals surface area contributed by atoms with Gasteiger partial charge in [-0.1, -0.05) is 34.5 Å². The van der Waals surface area contributed by atoms with Crippen LogP contribution in [0.5, 0.6) is 0 Å². The molecule has 1 fully saturated rings.